The van der Waals surface area contributed by atoms with Crippen molar-refractivity contribution >= 4 is 46.2 Å². The molecule has 100 valence electrons. The molecule has 0 radical (unpaired) electrons. The number of aliphatic hydroxyl groups is 1. The third kappa shape index (κ3) is 4.94. The summed E-state index contributed by atoms with van der Waals surface area (Å²) in [4.78, 5) is 23.1. The van der Waals surface area contributed by atoms with Gasteiger partial charge >= 0.3 is 0 Å². The molecule has 0 spiro atoms. The highest BCUT2D eigenvalue weighted by atomic mass is 35.5. The molecule has 0 aliphatic heterocycles. The van der Waals surface area contributed by atoms with Gasteiger partial charge in [-0.05, 0) is 12.5 Å². The number of halogens is 2. The van der Waals surface area contributed by atoms with Crippen LogP contribution in [0.5, 0.6) is 0 Å². The molecular formula is C11H13Cl2NO3S. The summed E-state index contributed by atoms with van der Waals surface area (Å²) in [5.74, 6) is -0.408. The van der Waals surface area contributed by atoms with E-state index in [9.17, 15) is 9.59 Å². The van der Waals surface area contributed by atoms with Crippen molar-refractivity contribution in [1.29, 1.82) is 0 Å². The van der Waals surface area contributed by atoms with Crippen LogP contribution in [0.3, 0.4) is 0 Å². The number of aliphatic hydroxyl groups excluding tert-OH is 1. The first-order chi connectivity index (χ1) is 8.54. The highest BCUT2D eigenvalue weighted by Gasteiger charge is 2.15. The number of carbonyl (C=O) groups is 2. The van der Waals surface area contributed by atoms with Crippen LogP contribution in [0.15, 0.2) is 6.07 Å². The molecule has 1 aromatic rings. The first kappa shape index (κ1) is 15.4. The van der Waals surface area contributed by atoms with Crippen molar-refractivity contribution in [3.8, 4) is 0 Å². The third-order valence-electron chi connectivity index (χ3n) is 2.19. The molecule has 0 aliphatic carbocycles. The van der Waals surface area contributed by atoms with Crippen molar-refractivity contribution in [1.82, 2.24) is 5.32 Å². The van der Waals surface area contributed by atoms with Crippen LogP contribution < -0.4 is 5.32 Å². The Hall–Kier alpha value is -0.620. The quantitative estimate of drug-likeness (QED) is 0.601. The lowest BCUT2D eigenvalue weighted by atomic mass is 10.1. The molecule has 0 atom stereocenters. The van der Waals surface area contributed by atoms with Crippen LogP contribution in [0, 0.1) is 0 Å². The zero-order chi connectivity index (χ0) is 13.5. The Morgan fingerprint density at radius 2 is 2.06 bits per heavy atom. The van der Waals surface area contributed by atoms with Crippen molar-refractivity contribution in [3.63, 3.8) is 0 Å². The van der Waals surface area contributed by atoms with Gasteiger partial charge in [-0.1, -0.05) is 23.2 Å². The summed E-state index contributed by atoms with van der Waals surface area (Å²) in [6.07, 6.45) is 0.706. The van der Waals surface area contributed by atoms with E-state index in [1.165, 1.54) is 6.07 Å². The normalized spacial score (nSPS) is 10.4. The van der Waals surface area contributed by atoms with Crippen molar-refractivity contribution in [2.24, 2.45) is 0 Å². The van der Waals surface area contributed by atoms with Crippen LogP contribution in [0.4, 0.5) is 0 Å². The molecule has 7 heteroatoms. The summed E-state index contributed by atoms with van der Waals surface area (Å²) in [7, 11) is 0. The summed E-state index contributed by atoms with van der Waals surface area (Å²) in [5.41, 5.74) is 0.370. The van der Waals surface area contributed by atoms with E-state index in [-0.39, 0.29) is 31.1 Å². The highest BCUT2D eigenvalue weighted by Crippen LogP contribution is 2.31. The van der Waals surface area contributed by atoms with E-state index in [0.717, 1.165) is 11.3 Å². The van der Waals surface area contributed by atoms with E-state index in [2.05, 4.69) is 5.32 Å². The lowest BCUT2D eigenvalue weighted by Crippen LogP contribution is -2.25. The number of thiophene rings is 1. The summed E-state index contributed by atoms with van der Waals surface area (Å²) in [6, 6.07) is 1.51. The molecule has 0 bridgehead atoms. The van der Waals surface area contributed by atoms with Gasteiger partial charge in [-0.25, -0.2) is 0 Å². The molecule has 0 saturated heterocycles. The van der Waals surface area contributed by atoms with E-state index in [4.69, 9.17) is 28.3 Å². The number of Topliss-reactive ketones (excluding diaryl/α,β-unsaturated/α-hetero) is 1. The second-order valence-electron chi connectivity index (χ2n) is 3.59. The zero-order valence-corrected chi connectivity index (χ0v) is 11.9. The van der Waals surface area contributed by atoms with Gasteiger partial charge in [-0.2, -0.15) is 0 Å². The monoisotopic (exact) mass is 309 g/mol. The standard InChI is InChI=1S/C11H13Cl2NO3S/c12-9-6-7(11(13)18-9)8(16)2-3-10(17)14-4-1-5-15/h6,15H,1-5H2,(H,14,17). The largest absolute Gasteiger partial charge is 0.396 e. The first-order valence-corrected chi connectivity index (χ1v) is 6.97. The van der Waals surface area contributed by atoms with Crippen LogP contribution in [-0.4, -0.2) is 29.9 Å². The van der Waals surface area contributed by atoms with Gasteiger partial charge in [-0.15, -0.1) is 11.3 Å². The molecule has 2 N–H and O–H groups in total. The predicted molar refractivity (Wildman–Crippen MR) is 72.6 cm³/mol. The summed E-state index contributed by atoms with van der Waals surface area (Å²) < 4.78 is 0.807. The Bertz CT molecular complexity index is 434. The third-order valence-corrected chi connectivity index (χ3v) is 3.68. The topological polar surface area (TPSA) is 66.4 Å². The van der Waals surface area contributed by atoms with Crippen LogP contribution in [0.25, 0.3) is 0 Å². The molecule has 0 aliphatic rings. The van der Waals surface area contributed by atoms with E-state index in [0.29, 0.717) is 27.2 Å². The SMILES string of the molecule is O=C(CCC(=O)c1cc(Cl)sc1Cl)NCCCO. The van der Waals surface area contributed by atoms with Gasteiger partial charge in [0.05, 0.1) is 4.34 Å². The number of ketones is 1. The van der Waals surface area contributed by atoms with E-state index in [1.54, 1.807) is 0 Å². The fourth-order valence-corrected chi connectivity index (χ4v) is 2.79. The van der Waals surface area contributed by atoms with Gasteiger partial charge in [0.25, 0.3) is 0 Å². The summed E-state index contributed by atoms with van der Waals surface area (Å²) in [5, 5.41) is 11.2. The number of hydrogen-bond acceptors (Lipinski definition) is 4. The summed E-state index contributed by atoms with van der Waals surface area (Å²) in [6.45, 7) is 0.441. The Kier molecular flexibility index (Phi) is 6.63. The molecule has 1 heterocycles. The van der Waals surface area contributed by atoms with Crippen LogP contribution in [0.2, 0.25) is 8.67 Å². The first-order valence-electron chi connectivity index (χ1n) is 5.40. The van der Waals surface area contributed by atoms with Gasteiger partial charge in [0.15, 0.2) is 5.78 Å². The van der Waals surface area contributed by atoms with Crippen LogP contribution >= 0.6 is 34.5 Å². The zero-order valence-electron chi connectivity index (χ0n) is 9.54. The highest BCUT2D eigenvalue weighted by molar-refractivity contribution is 7.20. The molecule has 0 fully saturated rings. The van der Waals surface area contributed by atoms with Gasteiger partial charge in [0.1, 0.15) is 4.34 Å². The average molecular weight is 310 g/mol. The van der Waals surface area contributed by atoms with Crippen molar-refractivity contribution in [3.05, 3.63) is 20.3 Å². The van der Waals surface area contributed by atoms with E-state index in [1.807, 2.05) is 0 Å². The maximum absolute atomic E-state index is 11.8. The number of amides is 1. The number of hydrogen-bond donors (Lipinski definition) is 2. The van der Waals surface area contributed by atoms with E-state index < -0.39 is 0 Å². The Morgan fingerprint density at radius 3 is 2.61 bits per heavy atom. The van der Waals surface area contributed by atoms with Crippen molar-refractivity contribution in [2.45, 2.75) is 19.3 Å². The van der Waals surface area contributed by atoms with Gasteiger partial charge < -0.3 is 10.4 Å². The minimum Gasteiger partial charge on any atom is -0.396 e. The second-order valence-corrected chi connectivity index (χ2v) is 5.87. The Balaban J connectivity index is 2.37. The van der Waals surface area contributed by atoms with E-state index >= 15 is 0 Å². The molecule has 1 rings (SSSR count). The molecule has 4 nitrogen and oxygen atoms in total. The number of nitrogens with one attached hydrogen (secondary N) is 1. The van der Waals surface area contributed by atoms with Gasteiger partial charge in [0, 0.05) is 31.6 Å². The minimum atomic E-state index is -0.214. The molecule has 1 aromatic heterocycles. The lowest BCUT2D eigenvalue weighted by molar-refractivity contribution is -0.121. The van der Waals surface area contributed by atoms with Crippen LogP contribution in [-0.2, 0) is 4.79 Å². The Labute approximate surface area is 119 Å². The number of rotatable bonds is 7. The fourth-order valence-electron chi connectivity index (χ4n) is 1.29. The average Bonchev–Trinajstić information content (AvgIpc) is 2.66. The summed E-state index contributed by atoms with van der Waals surface area (Å²) >= 11 is 12.7. The van der Waals surface area contributed by atoms with Gasteiger partial charge in [0.2, 0.25) is 5.91 Å². The van der Waals surface area contributed by atoms with Crippen molar-refractivity contribution in [2.75, 3.05) is 13.2 Å². The number of carbonyl (C=O) groups excluding carboxylic acids is 2. The molecule has 0 unspecified atom stereocenters. The van der Waals surface area contributed by atoms with Gasteiger partial charge in [-0.3, -0.25) is 9.59 Å². The minimum absolute atomic E-state index is 0.0300. The molecule has 1 amide bonds. The van der Waals surface area contributed by atoms with Crippen LogP contribution in [0.1, 0.15) is 29.6 Å². The molecule has 0 saturated carbocycles. The maximum atomic E-state index is 11.8. The molecular weight excluding hydrogens is 297 g/mol. The lowest BCUT2D eigenvalue weighted by Gasteiger charge is -2.03. The smallest absolute Gasteiger partial charge is 0.220 e. The Morgan fingerprint density at radius 1 is 1.33 bits per heavy atom. The molecule has 18 heavy (non-hydrogen) atoms. The van der Waals surface area contributed by atoms with Crippen molar-refractivity contribution < 1.29 is 14.7 Å². The molecule has 0 aromatic carbocycles. The second kappa shape index (κ2) is 7.74. The maximum Gasteiger partial charge on any atom is 0.220 e. The fraction of sp³-hybridized carbons (Fsp3) is 0.455. The predicted octanol–water partition coefficient (Wildman–Crippen LogP) is 2.52.